The summed E-state index contributed by atoms with van der Waals surface area (Å²) >= 11 is 0. The van der Waals surface area contributed by atoms with Crippen LogP contribution < -0.4 is 5.32 Å². The molecule has 1 rings (SSSR count). The van der Waals surface area contributed by atoms with Crippen molar-refractivity contribution in [2.45, 2.75) is 39.7 Å². The zero-order chi connectivity index (χ0) is 10.7. The summed E-state index contributed by atoms with van der Waals surface area (Å²) in [6.45, 7) is 6.51. The van der Waals surface area contributed by atoms with Gasteiger partial charge in [0.1, 0.15) is 6.04 Å². The van der Waals surface area contributed by atoms with E-state index in [1.54, 1.807) is 0 Å². The highest BCUT2D eigenvalue weighted by atomic mass is 16.2. The van der Waals surface area contributed by atoms with Crippen molar-refractivity contribution in [1.82, 2.24) is 10.2 Å². The number of urea groups is 1. The predicted octanol–water partition coefficient (Wildman–Crippen LogP) is 1.36. The predicted molar refractivity (Wildman–Crippen MR) is 53.8 cm³/mol. The Hall–Kier alpha value is -1.06. The second-order valence-electron chi connectivity index (χ2n) is 4.13. The van der Waals surface area contributed by atoms with Crippen LogP contribution >= 0.6 is 0 Å². The van der Waals surface area contributed by atoms with Crippen LogP contribution in [0.1, 0.15) is 33.6 Å². The second kappa shape index (κ2) is 4.44. The first kappa shape index (κ1) is 11.0. The molecular formula is C10H18N2O2. The normalized spacial score (nSPS) is 22.0. The molecule has 0 bridgehead atoms. The van der Waals surface area contributed by atoms with Gasteiger partial charge in [-0.05, 0) is 12.3 Å². The summed E-state index contributed by atoms with van der Waals surface area (Å²) in [5.74, 6) is 0.260. The van der Waals surface area contributed by atoms with Crippen LogP contribution in [-0.2, 0) is 4.79 Å². The van der Waals surface area contributed by atoms with Crippen LogP contribution in [-0.4, -0.2) is 29.4 Å². The number of carbonyl (C=O) groups is 2. The van der Waals surface area contributed by atoms with Crippen LogP contribution in [0.5, 0.6) is 0 Å². The Morgan fingerprint density at radius 2 is 2.07 bits per heavy atom. The molecule has 1 aliphatic rings. The highest BCUT2D eigenvalue weighted by Crippen LogP contribution is 2.12. The molecule has 1 N–H and O–H groups in total. The van der Waals surface area contributed by atoms with Gasteiger partial charge in [-0.25, -0.2) is 4.79 Å². The Labute approximate surface area is 84.7 Å². The minimum Gasteiger partial charge on any atom is -0.326 e. The Balaban J connectivity index is 2.61. The molecule has 1 atom stereocenters. The molecule has 4 nitrogen and oxygen atoms in total. The Kier molecular flexibility index (Phi) is 3.49. The van der Waals surface area contributed by atoms with Gasteiger partial charge in [-0.2, -0.15) is 0 Å². The van der Waals surface area contributed by atoms with Crippen molar-refractivity contribution in [1.29, 1.82) is 0 Å². The van der Waals surface area contributed by atoms with Crippen LogP contribution in [0, 0.1) is 5.92 Å². The number of hydrogen-bond acceptors (Lipinski definition) is 2. The number of nitrogens with zero attached hydrogens (tertiary/aromatic N) is 1. The number of hydrogen-bond donors (Lipinski definition) is 1. The molecule has 4 heteroatoms. The van der Waals surface area contributed by atoms with Crippen molar-refractivity contribution in [2.24, 2.45) is 5.92 Å². The Morgan fingerprint density at radius 1 is 1.43 bits per heavy atom. The monoisotopic (exact) mass is 198 g/mol. The molecule has 1 saturated heterocycles. The average Bonchev–Trinajstić information content (AvgIpc) is 2.33. The van der Waals surface area contributed by atoms with Crippen molar-refractivity contribution in [3.8, 4) is 0 Å². The van der Waals surface area contributed by atoms with Gasteiger partial charge in [-0.15, -0.1) is 0 Å². The first-order valence-electron chi connectivity index (χ1n) is 5.18. The Morgan fingerprint density at radius 3 is 2.57 bits per heavy atom. The maximum atomic E-state index is 11.7. The molecule has 0 aromatic heterocycles. The van der Waals surface area contributed by atoms with E-state index in [4.69, 9.17) is 0 Å². The fourth-order valence-corrected chi connectivity index (χ4v) is 1.60. The van der Waals surface area contributed by atoms with E-state index in [2.05, 4.69) is 5.32 Å². The van der Waals surface area contributed by atoms with Crippen LogP contribution in [0.3, 0.4) is 0 Å². The summed E-state index contributed by atoms with van der Waals surface area (Å²) in [6.07, 6.45) is 1.64. The molecule has 1 fully saturated rings. The van der Waals surface area contributed by atoms with Gasteiger partial charge in [-0.1, -0.05) is 27.2 Å². The molecule has 0 aliphatic carbocycles. The maximum Gasteiger partial charge on any atom is 0.324 e. The van der Waals surface area contributed by atoms with Crippen LogP contribution in [0.4, 0.5) is 4.79 Å². The zero-order valence-corrected chi connectivity index (χ0v) is 9.04. The third-order valence-electron chi connectivity index (χ3n) is 2.23. The minimum absolute atomic E-state index is 0.0643. The molecule has 80 valence electrons. The summed E-state index contributed by atoms with van der Waals surface area (Å²) in [5, 5.41) is 2.70. The maximum absolute atomic E-state index is 11.7. The number of nitrogens with one attached hydrogen (secondary N) is 1. The highest BCUT2D eigenvalue weighted by Gasteiger charge is 2.37. The third-order valence-corrected chi connectivity index (χ3v) is 2.23. The molecule has 0 saturated carbocycles. The third kappa shape index (κ3) is 2.25. The smallest absolute Gasteiger partial charge is 0.324 e. The molecule has 14 heavy (non-hydrogen) atoms. The van der Waals surface area contributed by atoms with E-state index < -0.39 is 0 Å². The van der Waals surface area contributed by atoms with Crippen molar-refractivity contribution in [3.63, 3.8) is 0 Å². The molecule has 1 unspecified atom stereocenters. The van der Waals surface area contributed by atoms with Crippen LogP contribution in [0.2, 0.25) is 0 Å². The largest absolute Gasteiger partial charge is 0.326 e. The van der Waals surface area contributed by atoms with E-state index in [-0.39, 0.29) is 18.0 Å². The topological polar surface area (TPSA) is 49.4 Å². The van der Waals surface area contributed by atoms with Crippen molar-refractivity contribution >= 4 is 11.9 Å². The fraction of sp³-hybridized carbons (Fsp3) is 0.800. The number of amides is 3. The number of imide groups is 1. The van der Waals surface area contributed by atoms with Gasteiger partial charge in [0.15, 0.2) is 0 Å². The quantitative estimate of drug-likeness (QED) is 0.693. The molecule has 1 aliphatic heterocycles. The van der Waals surface area contributed by atoms with Crippen LogP contribution in [0.15, 0.2) is 0 Å². The highest BCUT2D eigenvalue weighted by molar-refractivity contribution is 6.04. The zero-order valence-electron chi connectivity index (χ0n) is 9.04. The van der Waals surface area contributed by atoms with Crippen molar-refractivity contribution < 1.29 is 9.59 Å². The lowest BCUT2D eigenvalue weighted by Crippen LogP contribution is -2.34. The standard InChI is InChI=1S/C10H18N2O2/c1-4-5-8-9(13)12(6-7(2)3)10(14)11-8/h7-8H,4-6H2,1-3H3,(H,11,14). The average molecular weight is 198 g/mol. The molecule has 1 heterocycles. The van der Waals surface area contributed by atoms with E-state index in [1.807, 2.05) is 20.8 Å². The lowest BCUT2D eigenvalue weighted by Gasteiger charge is -2.14. The van der Waals surface area contributed by atoms with Gasteiger partial charge in [-0.3, -0.25) is 9.69 Å². The van der Waals surface area contributed by atoms with Crippen LogP contribution in [0.25, 0.3) is 0 Å². The van der Waals surface area contributed by atoms with Gasteiger partial charge < -0.3 is 5.32 Å². The lowest BCUT2D eigenvalue weighted by atomic mass is 10.1. The lowest BCUT2D eigenvalue weighted by molar-refractivity contribution is -0.127. The Bertz CT molecular complexity index is 238. The van der Waals surface area contributed by atoms with Gasteiger partial charge in [0, 0.05) is 6.54 Å². The van der Waals surface area contributed by atoms with Crippen molar-refractivity contribution in [2.75, 3.05) is 6.54 Å². The number of carbonyl (C=O) groups excluding carboxylic acids is 2. The number of rotatable bonds is 4. The minimum atomic E-state index is -0.286. The van der Waals surface area contributed by atoms with Gasteiger partial charge in [0.2, 0.25) is 0 Å². The van der Waals surface area contributed by atoms with E-state index in [0.717, 1.165) is 12.8 Å². The van der Waals surface area contributed by atoms with Gasteiger partial charge in [0.25, 0.3) is 5.91 Å². The summed E-state index contributed by atoms with van der Waals surface area (Å²) in [5.41, 5.74) is 0. The van der Waals surface area contributed by atoms with Crippen molar-refractivity contribution in [3.05, 3.63) is 0 Å². The molecule has 3 amide bonds. The molecular weight excluding hydrogens is 180 g/mol. The van der Waals surface area contributed by atoms with E-state index in [0.29, 0.717) is 12.5 Å². The first-order valence-corrected chi connectivity index (χ1v) is 5.18. The molecule has 0 aromatic rings. The van der Waals surface area contributed by atoms with Gasteiger partial charge in [0.05, 0.1) is 0 Å². The van der Waals surface area contributed by atoms with E-state index in [1.165, 1.54) is 4.90 Å². The molecule has 0 radical (unpaired) electrons. The summed E-state index contributed by atoms with van der Waals surface area (Å²) in [6, 6.07) is -0.520. The SMILES string of the molecule is CCCC1NC(=O)N(CC(C)C)C1=O. The molecule has 0 spiro atoms. The van der Waals surface area contributed by atoms with E-state index >= 15 is 0 Å². The molecule has 0 aromatic carbocycles. The van der Waals surface area contributed by atoms with E-state index in [9.17, 15) is 9.59 Å². The summed E-state index contributed by atoms with van der Waals surface area (Å²) in [4.78, 5) is 24.4. The fourth-order valence-electron chi connectivity index (χ4n) is 1.60. The first-order chi connectivity index (χ1) is 6.56. The summed E-state index contributed by atoms with van der Waals surface area (Å²) < 4.78 is 0. The summed E-state index contributed by atoms with van der Waals surface area (Å²) in [7, 11) is 0. The second-order valence-corrected chi connectivity index (χ2v) is 4.13. The van der Waals surface area contributed by atoms with Gasteiger partial charge >= 0.3 is 6.03 Å².